The van der Waals surface area contributed by atoms with E-state index in [1.807, 2.05) is 23.1 Å². The number of carbonyl (C=O) groups excluding carboxylic acids is 1. The standard InChI is InChI=1S/C24H30FN3O3S/c25-23-9-5-4-8-22(23)19-32(30,31)28-12-10-21(11-13-28)24(29)27-16-14-26(15-17-27)18-20-6-2-1-3-7-20/h1-9,21H,10-19H2. The summed E-state index contributed by atoms with van der Waals surface area (Å²) in [4.78, 5) is 17.3. The molecule has 0 aliphatic carbocycles. The highest BCUT2D eigenvalue weighted by molar-refractivity contribution is 7.88. The second kappa shape index (κ2) is 10.1. The van der Waals surface area contributed by atoms with Gasteiger partial charge in [0.1, 0.15) is 5.82 Å². The fraction of sp³-hybridized carbons (Fsp3) is 0.458. The molecule has 2 aromatic rings. The number of nitrogens with zero attached hydrogens (tertiary/aromatic N) is 3. The van der Waals surface area contributed by atoms with E-state index in [0.29, 0.717) is 39.0 Å². The van der Waals surface area contributed by atoms with Crippen molar-refractivity contribution >= 4 is 15.9 Å². The van der Waals surface area contributed by atoms with Gasteiger partial charge in [0.15, 0.2) is 0 Å². The molecular weight excluding hydrogens is 429 g/mol. The van der Waals surface area contributed by atoms with E-state index in [4.69, 9.17) is 0 Å². The predicted molar refractivity (Wildman–Crippen MR) is 122 cm³/mol. The molecule has 0 spiro atoms. The van der Waals surface area contributed by atoms with E-state index in [0.717, 1.165) is 19.6 Å². The van der Waals surface area contributed by atoms with Crippen molar-refractivity contribution in [2.24, 2.45) is 5.92 Å². The summed E-state index contributed by atoms with van der Waals surface area (Å²) in [5, 5.41) is 0. The Morgan fingerprint density at radius 2 is 1.50 bits per heavy atom. The lowest BCUT2D eigenvalue weighted by molar-refractivity contribution is -0.138. The van der Waals surface area contributed by atoms with E-state index in [1.54, 1.807) is 12.1 Å². The molecule has 0 atom stereocenters. The van der Waals surface area contributed by atoms with Gasteiger partial charge < -0.3 is 4.90 Å². The molecule has 2 fully saturated rings. The Bertz CT molecular complexity index is 1020. The van der Waals surface area contributed by atoms with Crippen molar-refractivity contribution in [1.29, 1.82) is 0 Å². The summed E-state index contributed by atoms with van der Waals surface area (Å²) in [6, 6.07) is 16.3. The van der Waals surface area contributed by atoms with Crippen LogP contribution in [0.2, 0.25) is 0 Å². The van der Waals surface area contributed by atoms with Crippen LogP contribution in [-0.2, 0) is 27.1 Å². The van der Waals surface area contributed by atoms with E-state index < -0.39 is 15.8 Å². The summed E-state index contributed by atoms with van der Waals surface area (Å²) in [5.74, 6) is -0.861. The number of sulfonamides is 1. The van der Waals surface area contributed by atoms with Gasteiger partial charge in [-0.05, 0) is 24.5 Å². The molecule has 172 valence electrons. The van der Waals surface area contributed by atoms with Gasteiger partial charge >= 0.3 is 0 Å². The number of hydrogen-bond donors (Lipinski definition) is 0. The molecule has 32 heavy (non-hydrogen) atoms. The number of benzene rings is 2. The highest BCUT2D eigenvalue weighted by Crippen LogP contribution is 2.24. The van der Waals surface area contributed by atoms with E-state index in [1.165, 1.54) is 22.0 Å². The Balaban J connectivity index is 1.25. The molecule has 2 aliphatic rings. The number of hydrogen-bond acceptors (Lipinski definition) is 4. The first kappa shape index (κ1) is 22.9. The summed E-state index contributed by atoms with van der Waals surface area (Å²) in [6.45, 7) is 4.60. The number of piperidine rings is 1. The van der Waals surface area contributed by atoms with Crippen molar-refractivity contribution in [3.05, 3.63) is 71.5 Å². The average Bonchev–Trinajstić information content (AvgIpc) is 2.81. The second-order valence-corrected chi connectivity index (χ2v) is 10.6. The van der Waals surface area contributed by atoms with E-state index in [2.05, 4.69) is 17.0 Å². The van der Waals surface area contributed by atoms with E-state index >= 15 is 0 Å². The molecule has 1 amide bonds. The predicted octanol–water partition coefficient (Wildman–Crippen LogP) is 2.71. The van der Waals surface area contributed by atoms with Crippen LogP contribution < -0.4 is 0 Å². The molecule has 8 heteroatoms. The zero-order valence-corrected chi connectivity index (χ0v) is 19.0. The third kappa shape index (κ3) is 5.54. The lowest BCUT2D eigenvalue weighted by atomic mass is 9.96. The van der Waals surface area contributed by atoms with Crippen LogP contribution in [0, 0.1) is 11.7 Å². The highest BCUT2D eigenvalue weighted by Gasteiger charge is 2.34. The molecule has 2 saturated heterocycles. The minimum absolute atomic E-state index is 0.135. The first-order chi connectivity index (χ1) is 15.4. The van der Waals surface area contributed by atoms with Gasteiger partial charge in [-0.15, -0.1) is 0 Å². The van der Waals surface area contributed by atoms with Crippen molar-refractivity contribution in [3.63, 3.8) is 0 Å². The fourth-order valence-electron chi connectivity index (χ4n) is 4.51. The molecule has 6 nitrogen and oxygen atoms in total. The molecule has 0 N–H and O–H groups in total. The lowest BCUT2D eigenvalue weighted by Gasteiger charge is -2.38. The van der Waals surface area contributed by atoms with Crippen LogP contribution in [0.1, 0.15) is 24.0 Å². The van der Waals surface area contributed by atoms with Crippen molar-refractivity contribution in [2.45, 2.75) is 25.1 Å². The average molecular weight is 460 g/mol. The van der Waals surface area contributed by atoms with Crippen molar-refractivity contribution in [3.8, 4) is 0 Å². The second-order valence-electron chi connectivity index (χ2n) is 8.61. The molecule has 2 heterocycles. The summed E-state index contributed by atoms with van der Waals surface area (Å²) in [6.07, 6.45) is 1.03. The molecule has 0 aromatic heterocycles. The molecule has 0 unspecified atom stereocenters. The van der Waals surface area contributed by atoms with Crippen molar-refractivity contribution < 1.29 is 17.6 Å². The van der Waals surface area contributed by atoms with E-state index in [-0.39, 0.29) is 23.1 Å². The van der Waals surface area contributed by atoms with Crippen molar-refractivity contribution in [2.75, 3.05) is 39.3 Å². The molecule has 0 saturated carbocycles. The number of piperazine rings is 1. The summed E-state index contributed by atoms with van der Waals surface area (Å²) in [7, 11) is -3.61. The zero-order chi connectivity index (χ0) is 22.6. The monoisotopic (exact) mass is 459 g/mol. The highest BCUT2D eigenvalue weighted by atomic mass is 32.2. The maximum atomic E-state index is 13.9. The van der Waals surface area contributed by atoms with Gasteiger partial charge in [0.25, 0.3) is 0 Å². The van der Waals surface area contributed by atoms with Gasteiger partial charge in [0, 0.05) is 57.3 Å². The van der Waals surface area contributed by atoms with Crippen LogP contribution >= 0.6 is 0 Å². The molecule has 2 aliphatic heterocycles. The van der Waals surface area contributed by atoms with Crippen LogP contribution in [0.3, 0.4) is 0 Å². The molecular formula is C24H30FN3O3S. The maximum absolute atomic E-state index is 13.9. The Kier molecular flexibility index (Phi) is 7.23. The largest absolute Gasteiger partial charge is 0.340 e. The normalized spacial score (nSPS) is 19.2. The minimum atomic E-state index is -3.61. The van der Waals surface area contributed by atoms with Crippen LogP contribution in [0.15, 0.2) is 54.6 Å². The number of rotatable bonds is 6. The van der Waals surface area contributed by atoms with Crippen LogP contribution in [0.25, 0.3) is 0 Å². The SMILES string of the molecule is O=C(C1CCN(S(=O)(=O)Cc2ccccc2F)CC1)N1CCN(Cc2ccccc2)CC1. The molecule has 0 radical (unpaired) electrons. The van der Waals surface area contributed by atoms with Gasteiger partial charge in [0.2, 0.25) is 15.9 Å². The number of amides is 1. The summed E-state index contributed by atoms with van der Waals surface area (Å²) < 4.78 is 40.7. The quantitative estimate of drug-likeness (QED) is 0.667. The van der Waals surface area contributed by atoms with Gasteiger partial charge in [-0.2, -0.15) is 0 Å². The van der Waals surface area contributed by atoms with Gasteiger partial charge in [-0.1, -0.05) is 48.5 Å². The Labute approximate surface area is 189 Å². The van der Waals surface area contributed by atoms with Gasteiger partial charge in [-0.3, -0.25) is 9.69 Å². The maximum Gasteiger partial charge on any atom is 0.225 e. The summed E-state index contributed by atoms with van der Waals surface area (Å²) >= 11 is 0. The fourth-order valence-corrected chi connectivity index (χ4v) is 6.09. The first-order valence-corrected chi connectivity index (χ1v) is 12.8. The topological polar surface area (TPSA) is 60.9 Å². The first-order valence-electron chi connectivity index (χ1n) is 11.2. The van der Waals surface area contributed by atoms with Gasteiger partial charge in [0.05, 0.1) is 5.75 Å². The molecule has 0 bridgehead atoms. The van der Waals surface area contributed by atoms with Crippen LogP contribution in [0.4, 0.5) is 4.39 Å². The van der Waals surface area contributed by atoms with Crippen molar-refractivity contribution in [1.82, 2.24) is 14.1 Å². The third-order valence-electron chi connectivity index (χ3n) is 6.43. The zero-order valence-electron chi connectivity index (χ0n) is 18.2. The number of halogens is 1. The Morgan fingerprint density at radius 3 is 2.16 bits per heavy atom. The number of carbonyl (C=O) groups is 1. The van der Waals surface area contributed by atoms with E-state index in [9.17, 15) is 17.6 Å². The smallest absolute Gasteiger partial charge is 0.225 e. The lowest BCUT2D eigenvalue weighted by Crippen LogP contribution is -2.51. The minimum Gasteiger partial charge on any atom is -0.340 e. The summed E-state index contributed by atoms with van der Waals surface area (Å²) in [5.41, 5.74) is 1.45. The molecule has 4 rings (SSSR count). The van der Waals surface area contributed by atoms with Gasteiger partial charge in [-0.25, -0.2) is 17.1 Å². The Morgan fingerprint density at radius 1 is 0.875 bits per heavy atom. The molecule has 2 aromatic carbocycles. The third-order valence-corrected chi connectivity index (χ3v) is 8.25. The van der Waals surface area contributed by atoms with Crippen LogP contribution in [-0.4, -0.2) is 67.7 Å². The van der Waals surface area contributed by atoms with Crippen LogP contribution in [0.5, 0.6) is 0 Å². The Hall–Kier alpha value is -2.29.